The van der Waals surface area contributed by atoms with E-state index in [4.69, 9.17) is 0 Å². The normalized spacial score (nSPS) is 23.1. The average molecular weight is 337 g/mol. The van der Waals surface area contributed by atoms with Crippen LogP contribution in [0.15, 0.2) is 28.7 Å². The Bertz CT molecular complexity index is 421. The van der Waals surface area contributed by atoms with Crippen LogP contribution in [0.1, 0.15) is 37.7 Å². The first-order valence-corrected chi connectivity index (χ1v) is 8.81. The molecule has 0 radical (unpaired) electrons. The van der Waals surface area contributed by atoms with E-state index in [0.29, 0.717) is 0 Å². The lowest BCUT2D eigenvalue weighted by molar-refractivity contribution is 0.0755. The van der Waals surface area contributed by atoms with Gasteiger partial charge in [-0.05, 0) is 30.5 Å². The first-order valence-electron chi connectivity index (χ1n) is 8.02. The van der Waals surface area contributed by atoms with Gasteiger partial charge in [0.1, 0.15) is 0 Å². The highest BCUT2D eigenvalue weighted by atomic mass is 79.9. The van der Waals surface area contributed by atoms with Crippen LogP contribution in [-0.2, 0) is 6.54 Å². The van der Waals surface area contributed by atoms with E-state index in [0.717, 1.165) is 12.6 Å². The zero-order valence-electron chi connectivity index (χ0n) is 12.2. The molecule has 0 unspecified atom stereocenters. The maximum absolute atomic E-state index is 3.56. The Labute approximate surface area is 131 Å². The largest absolute Gasteiger partial charge is 0.298 e. The van der Waals surface area contributed by atoms with Gasteiger partial charge in [-0.2, -0.15) is 0 Å². The van der Waals surface area contributed by atoms with Crippen molar-refractivity contribution in [2.45, 2.75) is 44.7 Å². The summed E-state index contributed by atoms with van der Waals surface area (Å²) >= 11 is 3.56. The summed E-state index contributed by atoms with van der Waals surface area (Å²) in [4.78, 5) is 5.34. The van der Waals surface area contributed by atoms with Crippen LogP contribution in [0.2, 0.25) is 0 Å². The van der Waals surface area contributed by atoms with Crippen LogP contribution in [0.25, 0.3) is 0 Å². The summed E-state index contributed by atoms with van der Waals surface area (Å²) in [5.41, 5.74) is 1.42. The first-order chi connectivity index (χ1) is 9.81. The third kappa shape index (κ3) is 3.84. The topological polar surface area (TPSA) is 6.48 Å². The van der Waals surface area contributed by atoms with Crippen molar-refractivity contribution in [1.82, 2.24) is 9.80 Å². The monoisotopic (exact) mass is 336 g/mol. The molecule has 0 N–H and O–H groups in total. The molecule has 2 fully saturated rings. The van der Waals surface area contributed by atoms with Gasteiger partial charge in [-0.25, -0.2) is 0 Å². The predicted molar refractivity (Wildman–Crippen MR) is 87.9 cm³/mol. The molecular weight excluding hydrogens is 312 g/mol. The number of halogens is 1. The lowest BCUT2D eigenvalue weighted by Gasteiger charge is -2.40. The molecule has 0 spiro atoms. The zero-order valence-corrected chi connectivity index (χ0v) is 13.8. The van der Waals surface area contributed by atoms with Crippen LogP contribution in [0.3, 0.4) is 0 Å². The number of rotatable bonds is 3. The molecule has 0 aromatic heterocycles. The SMILES string of the molecule is Brc1cccc(CN2CCN(C3CCCCC3)CC2)c1. The van der Waals surface area contributed by atoms with Crippen molar-refractivity contribution in [2.24, 2.45) is 0 Å². The van der Waals surface area contributed by atoms with E-state index in [-0.39, 0.29) is 0 Å². The van der Waals surface area contributed by atoms with Crippen molar-refractivity contribution in [1.29, 1.82) is 0 Å². The molecule has 20 heavy (non-hydrogen) atoms. The maximum atomic E-state index is 3.56. The van der Waals surface area contributed by atoms with Crippen LogP contribution < -0.4 is 0 Å². The average Bonchev–Trinajstić information content (AvgIpc) is 2.49. The maximum Gasteiger partial charge on any atom is 0.0235 e. The number of hydrogen-bond donors (Lipinski definition) is 0. The quantitative estimate of drug-likeness (QED) is 0.825. The third-order valence-electron chi connectivity index (χ3n) is 4.79. The molecule has 0 amide bonds. The number of piperazine rings is 1. The fraction of sp³-hybridized carbons (Fsp3) is 0.647. The predicted octanol–water partition coefficient (Wildman–Crippen LogP) is 3.90. The van der Waals surface area contributed by atoms with Gasteiger partial charge in [-0.15, -0.1) is 0 Å². The Hall–Kier alpha value is -0.380. The minimum atomic E-state index is 0.886. The van der Waals surface area contributed by atoms with Gasteiger partial charge >= 0.3 is 0 Å². The summed E-state index contributed by atoms with van der Waals surface area (Å²) in [6.07, 6.45) is 7.22. The van der Waals surface area contributed by atoms with Crippen LogP contribution in [0.4, 0.5) is 0 Å². The molecule has 1 aliphatic carbocycles. The van der Waals surface area contributed by atoms with Gasteiger partial charge in [0.05, 0.1) is 0 Å². The number of nitrogens with zero attached hydrogens (tertiary/aromatic N) is 2. The second-order valence-electron chi connectivity index (χ2n) is 6.23. The van der Waals surface area contributed by atoms with E-state index in [9.17, 15) is 0 Å². The molecule has 1 aliphatic heterocycles. The molecule has 0 bridgehead atoms. The third-order valence-corrected chi connectivity index (χ3v) is 5.29. The molecule has 110 valence electrons. The van der Waals surface area contributed by atoms with Gasteiger partial charge < -0.3 is 0 Å². The second kappa shape index (κ2) is 7.06. The number of benzene rings is 1. The van der Waals surface area contributed by atoms with Gasteiger partial charge in [-0.3, -0.25) is 9.80 Å². The van der Waals surface area contributed by atoms with Crippen LogP contribution in [0.5, 0.6) is 0 Å². The summed E-state index contributed by atoms with van der Waals surface area (Å²) in [5, 5.41) is 0. The summed E-state index contributed by atoms with van der Waals surface area (Å²) in [7, 11) is 0. The summed E-state index contributed by atoms with van der Waals surface area (Å²) < 4.78 is 1.19. The van der Waals surface area contributed by atoms with Crippen molar-refractivity contribution in [3.05, 3.63) is 34.3 Å². The van der Waals surface area contributed by atoms with E-state index in [1.165, 1.54) is 68.3 Å². The Morgan fingerprint density at radius 2 is 1.75 bits per heavy atom. The molecule has 3 heteroatoms. The fourth-order valence-corrected chi connectivity index (χ4v) is 4.07. The molecule has 3 rings (SSSR count). The Kier molecular flexibility index (Phi) is 5.14. The van der Waals surface area contributed by atoms with Crippen molar-refractivity contribution in [3.63, 3.8) is 0 Å². The Morgan fingerprint density at radius 3 is 2.45 bits per heavy atom. The molecular formula is C17H25BrN2. The van der Waals surface area contributed by atoms with Crippen LogP contribution >= 0.6 is 15.9 Å². The lowest BCUT2D eigenvalue weighted by Crippen LogP contribution is -2.50. The molecule has 2 aliphatic rings. The summed E-state index contributed by atoms with van der Waals surface area (Å²) in [6, 6.07) is 9.60. The fourth-order valence-electron chi connectivity index (χ4n) is 3.63. The van der Waals surface area contributed by atoms with E-state index >= 15 is 0 Å². The Morgan fingerprint density at radius 1 is 1.00 bits per heavy atom. The smallest absolute Gasteiger partial charge is 0.0235 e. The van der Waals surface area contributed by atoms with Crippen LogP contribution in [-0.4, -0.2) is 42.0 Å². The molecule has 1 aromatic rings. The van der Waals surface area contributed by atoms with Crippen molar-refractivity contribution in [2.75, 3.05) is 26.2 Å². The lowest BCUT2D eigenvalue weighted by atomic mass is 9.94. The molecule has 2 nitrogen and oxygen atoms in total. The van der Waals surface area contributed by atoms with Gasteiger partial charge in [0.15, 0.2) is 0 Å². The molecule has 1 heterocycles. The minimum absolute atomic E-state index is 0.886. The highest BCUT2D eigenvalue weighted by molar-refractivity contribution is 9.10. The number of hydrogen-bond acceptors (Lipinski definition) is 2. The second-order valence-corrected chi connectivity index (χ2v) is 7.15. The highest BCUT2D eigenvalue weighted by Gasteiger charge is 2.24. The minimum Gasteiger partial charge on any atom is -0.298 e. The van der Waals surface area contributed by atoms with Crippen molar-refractivity contribution >= 4 is 15.9 Å². The summed E-state index contributed by atoms with van der Waals surface area (Å²) in [5.74, 6) is 0. The van der Waals surface area contributed by atoms with E-state index < -0.39 is 0 Å². The van der Waals surface area contributed by atoms with E-state index in [1.807, 2.05) is 0 Å². The van der Waals surface area contributed by atoms with Gasteiger partial charge in [-0.1, -0.05) is 47.3 Å². The molecule has 1 saturated carbocycles. The molecule has 1 saturated heterocycles. The van der Waals surface area contributed by atoms with Gasteiger partial charge in [0.2, 0.25) is 0 Å². The zero-order chi connectivity index (χ0) is 13.8. The molecule has 0 atom stereocenters. The highest BCUT2D eigenvalue weighted by Crippen LogP contribution is 2.24. The first kappa shape index (κ1) is 14.6. The van der Waals surface area contributed by atoms with Crippen LogP contribution in [0, 0.1) is 0 Å². The Balaban J connectivity index is 1.48. The van der Waals surface area contributed by atoms with Gasteiger partial charge in [0.25, 0.3) is 0 Å². The summed E-state index contributed by atoms with van der Waals surface area (Å²) in [6.45, 7) is 6.07. The van der Waals surface area contributed by atoms with Crippen molar-refractivity contribution < 1.29 is 0 Å². The molecule has 1 aromatic carbocycles. The van der Waals surface area contributed by atoms with Gasteiger partial charge in [0, 0.05) is 43.2 Å². The van der Waals surface area contributed by atoms with Crippen molar-refractivity contribution in [3.8, 4) is 0 Å². The van der Waals surface area contributed by atoms with E-state index in [1.54, 1.807) is 0 Å². The standard InChI is InChI=1S/C17H25BrN2/c18-16-6-4-5-15(13-16)14-19-9-11-20(12-10-19)17-7-2-1-3-8-17/h4-6,13,17H,1-3,7-12,14H2. The van der Waals surface area contributed by atoms with E-state index in [2.05, 4.69) is 50.0 Å².